The summed E-state index contributed by atoms with van der Waals surface area (Å²) in [6, 6.07) is 11.9. The molecule has 0 atom stereocenters. The van der Waals surface area contributed by atoms with Crippen molar-refractivity contribution in [1.82, 2.24) is 9.88 Å². The fourth-order valence-corrected chi connectivity index (χ4v) is 2.56. The van der Waals surface area contributed by atoms with Gasteiger partial charge in [0.05, 0.1) is 11.8 Å². The Morgan fingerprint density at radius 1 is 1.07 bits per heavy atom. The smallest absolute Gasteiger partial charge is 0.408 e. The maximum Gasteiger partial charge on any atom is 0.419 e. The Morgan fingerprint density at radius 2 is 1.71 bits per heavy atom. The normalized spacial score (nSPS) is 11.4. The monoisotopic (exact) mass is 390 g/mol. The zero-order valence-corrected chi connectivity index (χ0v) is 14.9. The molecule has 1 heterocycles. The summed E-state index contributed by atoms with van der Waals surface area (Å²) in [5.74, 6) is -0.779. The van der Waals surface area contributed by atoms with E-state index in [4.69, 9.17) is 4.42 Å². The molecular weight excluding hydrogens is 373 g/mol. The number of hydrogen-bond donors (Lipinski definition) is 1. The van der Waals surface area contributed by atoms with Crippen molar-refractivity contribution in [2.45, 2.75) is 26.2 Å². The second kappa shape index (κ2) is 7.75. The Bertz CT molecular complexity index is 1020. The molecule has 0 spiro atoms. The minimum absolute atomic E-state index is 0.0500. The zero-order valence-electron chi connectivity index (χ0n) is 14.9. The molecule has 2 aromatic carbocycles. The third kappa shape index (κ3) is 4.70. The van der Waals surface area contributed by atoms with Gasteiger partial charge >= 0.3 is 11.9 Å². The minimum atomic E-state index is -4.40. The highest BCUT2D eigenvalue weighted by Gasteiger charge is 2.29. The third-order valence-electron chi connectivity index (χ3n) is 4.13. The molecule has 8 heteroatoms. The summed E-state index contributed by atoms with van der Waals surface area (Å²) in [6.45, 7) is 1.73. The van der Waals surface area contributed by atoms with Crippen LogP contribution in [-0.2, 0) is 24.1 Å². The highest BCUT2D eigenvalue weighted by molar-refractivity contribution is 5.75. The number of hydrogen-bond acceptors (Lipinski definition) is 3. The minimum Gasteiger partial charge on any atom is -0.408 e. The summed E-state index contributed by atoms with van der Waals surface area (Å²) in [5, 5.41) is 2.57. The van der Waals surface area contributed by atoms with Crippen molar-refractivity contribution in [2.75, 3.05) is 0 Å². The van der Waals surface area contributed by atoms with Gasteiger partial charge in [0.25, 0.3) is 0 Å². The van der Waals surface area contributed by atoms with Crippen molar-refractivity contribution in [3.05, 3.63) is 82.0 Å². The first-order chi connectivity index (χ1) is 13.2. The first-order valence-electron chi connectivity index (χ1n) is 8.42. The van der Waals surface area contributed by atoms with E-state index < -0.39 is 23.4 Å². The predicted octanol–water partition coefficient (Wildman–Crippen LogP) is 3.75. The molecule has 0 aliphatic heterocycles. The number of nitrogens with zero attached hydrogens (tertiary/aromatic N) is 1. The molecule has 3 rings (SSSR count). The Hall–Kier alpha value is -3.29. The molecule has 0 saturated carbocycles. The van der Waals surface area contributed by atoms with Gasteiger partial charge in [-0.3, -0.25) is 9.36 Å². The van der Waals surface area contributed by atoms with Gasteiger partial charge in [0.15, 0.2) is 5.76 Å². The molecule has 0 fully saturated rings. The predicted molar refractivity (Wildman–Crippen MR) is 96.4 cm³/mol. The molecule has 146 valence electrons. The Balaban J connectivity index is 1.61. The number of rotatable bonds is 5. The highest BCUT2D eigenvalue weighted by atomic mass is 19.4. The maximum absolute atomic E-state index is 12.5. The second-order valence-corrected chi connectivity index (χ2v) is 6.33. The molecule has 0 unspecified atom stereocenters. The summed E-state index contributed by atoms with van der Waals surface area (Å²) in [6.07, 6.45) is -2.95. The average Bonchev–Trinajstić information content (AvgIpc) is 3.00. The van der Waals surface area contributed by atoms with E-state index in [0.717, 1.165) is 22.3 Å². The molecule has 0 saturated heterocycles. The number of oxazole rings is 1. The number of amides is 1. The lowest BCUT2D eigenvalue weighted by Gasteiger charge is -2.08. The van der Waals surface area contributed by atoms with Crippen LogP contribution in [0.1, 0.15) is 16.7 Å². The number of aromatic nitrogens is 1. The van der Waals surface area contributed by atoms with Crippen LogP contribution in [0, 0.1) is 6.92 Å². The summed E-state index contributed by atoms with van der Waals surface area (Å²) < 4.78 is 43.9. The third-order valence-corrected chi connectivity index (χ3v) is 4.13. The van der Waals surface area contributed by atoms with E-state index in [1.807, 2.05) is 31.2 Å². The lowest BCUT2D eigenvalue weighted by Crippen LogP contribution is -2.30. The van der Waals surface area contributed by atoms with Crippen LogP contribution in [0.5, 0.6) is 0 Å². The Labute approximate surface area is 158 Å². The van der Waals surface area contributed by atoms with E-state index in [-0.39, 0.29) is 13.1 Å². The number of carbonyl (C=O) groups is 1. The molecule has 0 radical (unpaired) electrons. The second-order valence-electron chi connectivity index (χ2n) is 6.33. The van der Waals surface area contributed by atoms with E-state index in [2.05, 4.69) is 5.32 Å². The Morgan fingerprint density at radius 3 is 2.32 bits per heavy atom. The van der Waals surface area contributed by atoms with Gasteiger partial charge in [0.2, 0.25) is 5.91 Å². The van der Waals surface area contributed by atoms with Crippen LogP contribution in [0.25, 0.3) is 11.3 Å². The molecule has 1 amide bonds. The van der Waals surface area contributed by atoms with Crippen molar-refractivity contribution < 1.29 is 22.4 Å². The van der Waals surface area contributed by atoms with Crippen molar-refractivity contribution in [3.63, 3.8) is 0 Å². The van der Waals surface area contributed by atoms with E-state index in [1.54, 1.807) is 0 Å². The Kier molecular flexibility index (Phi) is 5.39. The molecule has 0 aliphatic carbocycles. The molecule has 5 nitrogen and oxygen atoms in total. The lowest BCUT2D eigenvalue weighted by molar-refractivity contribution is -0.137. The molecule has 28 heavy (non-hydrogen) atoms. The molecule has 0 bridgehead atoms. The van der Waals surface area contributed by atoms with Crippen LogP contribution in [0.4, 0.5) is 13.2 Å². The van der Waals surface area contributed by atoms with Gasteiger partial charge in [-0.05, 0) is 24.6 Å². The number of halogens is 3. The van der Waals surface area contributed by atoms with Crippen LogP contribution in [-0.4, -0.2) is 10.5 Å². The van der Waals surface area contributed by atoms with Crippen molar-refractivity contribution >= 4 is 5.91 Å². The van der Waals surface area contributed by atoms with E-state index in [1.165, 1.54) is 18.3 Å². The lowest BCUT2D eigenvalue weighted by atomic mass is 10.1. The number of benzene rings is 2. The first kappa shape index (κ1) is 19.5. The fourth-order valence-electron chi connectivity index (χ4n) is 2.56. The van der Waals surface area contributed by atoms with Gasteiger partial charge in [0.1, 0.15) is 6.54 Å². The van der Waals surface area contributed by atoms with E-state index in [9.17, 15) is 22.8 Å². The molecule has 1 N–H and O–H groups in total. The average molecular weight is 390 g/mol. The van der Waals surface area contributed by atoms with Gasteiger partial charge in [-0.1, -0.05) is 42.0 Å². The van der Waals surface area contributed by atoms with E-state index in [0.29, 0.717) is 16.9 Å². The maximum atomic E-state index is 12.5. The van der Waals surface area contributed by atoms with Gasteiger partial charge < -0.3 is 9.73 Å². The van der Waals surface area contributed by atoms with Gasteiger partial charge in [-0.15, -0.1) is 0 Å². The summed E-state index contributed by atoms with van der Waals surface area (Å²) in [5.41, 5.74) is 1.54. The quantitative estimate of drug-likeness (QED) is 0.722. The number of aryl methyl sites for hydroxylation is 1. The van der Waals surface area contributed by atoms with Crippen molar-refractivity contribution in [3.8, 4) is 11.3 Å². The van der Waals surface area contributed by atoms with Gasteiger partial charge in [-0.2, -0.15) is 13.2 Å². The van der Waals surface area contributed by atoms with Crippen LogP contribution in [0.15, 0.2) is 63.9 Å². The van der Waals surface area contributed by atoms with E-state index >= 15 is 0 Å². The largest absolute Gasteiger partial charge is 0.419 e. The summed E-state index contributed by atoms with van der Waals surface area (Å²) in [4.78, 5) is 24.0. The zero-order chi connectivity index (χ0) is 20.3. The van der Waals surface area contributed by atoms with Gasteiger partial charge in [-0.25, -0.2) is 4.79 Å². The summed E-state index contributed by atoms with van der Waals surface area (Å²) in [7, 11) is 0. The number of carbonyl (C=O) groups excluding carboxylic acids is 1. The highest BCUT2D eigenvalue weighted by Crippen LogP contribution is 2.29. The number of alkyl halides is 3. The van der Waals surface area contributed by atoms with Gasteiger partial charge in [0, 0.05) is 12.1 Å². The molecule has 1 aromatic heterocycles. The van der Waals surface area contributed by atoms with Crippen LogP contribution < -0.4 is 11.1 Å². The van der Waals surface area contributed by atoms with Crippen LogP contribution in [0.3, 0.4) is 0 Å². The van der Waals surface area contributed by atoms with Crippen molar-refractivity contribution in [2.24, 2.45) is 0 Å². The molecule has 0 aliphatic rings. The number of nitrogens with one attached hydrogen (secondary N) is 1. The standard InChI is InChI=1S/C20H17F3N2O3/c1-13-2-6-15(7-3-13)17-11-25(19(27)28-17)12-18(26)24-10-14-4-8-16(9-5-14)20(21,22)23/h2-9,11H,10,12H2,1H3,(H,24,26). The van der Waals surface area contributed by atoms with Crippen LogP contribution in [0.2, 0.25) is 0 Å². The fraction of sp³-hybridized carbons (Fsp3) is 0.200. The summed E-state index contributed by atoms with van der Waals surface area (Å²) >= 11 is 0. The topological polar surface area (TPSA) is 64.2 Å². The van der Waals surface area contributed by atoms with Crippen molar-refractivity contribution in [1.29, 1.82) is 0 Å². The SMILES string of the molecule is Cc1ccc(-c2cn(CC(=O)NCc3ccc(C(F)(F)F)cc3)c(=O)o2)cc1. The van der Waals surface area contributed by atoms with Crippen LogP contribution >= 0.6 is 0 Å². The first-order valence-corrected chi connectivity index (χ1v) is 8.42. The molecule has 3 aromatic rings. The molecular formula is C20H17F3N2O3.